The van der Waals surface area contributed by atoms with E-state index in [-0.39, 0.29) is 12.5 Å². The fraction of sp³-hybridized carbons (Fsp3) is 0.556. The first-order valence-electron chi connectivity index (χ1n) is 4.29. The maximum Gasteiger partial charge on any atom is 0.325 e. The van der Waals surface area contributed by atoms with Crippen LogP contribution in [0.15, 0.2) is 6.33 Å². The van der Waals surface area contributed by atoms with E-state index in [0.717, 1.165) is 11.4 Å². The molecule has 0 spiro atoms. The normalized spacial score (nSPS) is 10.1. The first kappa shape index (κ1) is 9.77. The molecular weight excluding hydrogens is 168 g/mol. The van der Waals surface area contributed by atoms with Gasteiger partial charge in [-0.15, -0.1) is 0 Å². The van der Waals surface area contributed by atoms with Crippen LogP contribution in [0.25, 0.3) is 0 Å². The van der Waals surface area contributed by atoms with Gasteiger partial charge in [0, 0.05) is 5.69 Å². The molecule has 0 amide bonds. The summed E-state index contributed by atoms with van der Waals surface area (Å²) in [5, 5.41) is 0. The van der Waals surface area contributed by atoms with E-state index in [1.807, 2.05) is 13.8 Å². The van der Waals surface area contributed by atoms with Crippen LogP contribution in [0.1, 0.15) is 18.3 Å². The highest BCUT2D eigenvalue weighted by Crippen LogP contribution is 2.03. The molecular formula is C9H14N2O2. The van der Waals surface area contributed by atoms with Crippen LogP contribution in [0.2, 0.25) is 0 Å². The number of hydrogen-bond acceptors (Lipinski definition) is 3. The van der Waals surface area contributed by atoms with E-state index in [4.69, 9.17) is 4.74 Å². The monoisotopic (exact) mass is 182 g/mol. The maximum atomic E-state index is 11.1. The molecule has 72 valence electrons. The molecule has 1 aromatic rings. The lowest BCUT2D eigenvalue weighted by molar-refractivity contribution is -0.143. The van der Waals surface area contributed by atoms with Crippen LogP contribution in [-0.4, -0.2) is 22.1 Å². The molecule has 0 aliphatic heterocycles. The van der Waals surface area contributed by atoms with Crippen LogP contribution in [0.5, 0.6) is 0 Å². The van der Waals surface area contributed by atoms with E-state index < -0.39 is 0 Å². The Kier molecular flexibility index (Phi) is 3.06. The predicted molar refractivity (Wildman–Crippen MR) is 48.3 cm³/mol. The summed E-state index contributed by atoms with van der Waals surface area (Å²) in [7, 11) is 0. The van der Waals surface area contributed by atoms with Crippen molar-refractivity contribution in [1.82, 2.24) is 9.55 Å². The van der Waals surface area contributed by atoms with Gasteiger partial charge in [0.15, 0.2) is 0 Å². The number of ether oxygens (including phenoxy) is 1. The largest absolute Gasteiger partial charge is 0.465 e. The van der Waals surface area contributed by atoms with Crippen LogP contribution < -0.4 is 0 Å². The Balaban J connectivity index is 2.64. The lowest BCUT2D eigenvalue weighted by Gasteiger charge is -2.04. The molecule has 0 N–H and O–H groups in total. The molecule has 0 saturated carbocycles. The van der Waals surface area contributed by atoms with E-state index in [1.165, 1.54) is 0 Å². The number of hydrogen-bond donors (Lipinski definition) is 0. The number of imidazole rings is 1. The molecule has 1 aromatic heterocycles. The molecule has 0 saturated heterocycles. The number of esters is 1. The van der Waals surface area contributed by atoms with Crippen LogP contribution in [-0.2, 0) is 16.1 Å². The molecule has 0 radical (unpaired) electrons. The van der Waals surface area contributed by atoms with Gasteiger partial charge in [-0.3, -0.25) is 4.79 Å². The summed E-state index contributed by atoms with van der Waals surface area (Å²) < 4.78 is 6.61. The lowest BCUT2D eigenvalue weighted by Crippen LogP contribution is -2.13. The molecule has 1 heterocycles. The second-order valence-corrected chi connectivity index (χ2v) is 2.85. The van der Waals surface area contributed by atoms with Crippen molar-refractivity contribution in [3.05, 3.63) is 17.7 Å². The summed E-state index contributed by atoms with van der Waals surface area (Å²) in [6, 6.07) is 0. The minimum absolute atomic E-state index is 0.219. The molecule has 4 nitrogen and oxygen atoms in total. The SMILES string of the molecule is CCOC(=O)Cn1cnc(C)c1C. The number of aromatic nitrogens is 2. The fourth-order valence-electron chi connectivity index (χ4n) is 1.05. The molecule has 13 heavy (non-hydrogen) atoms. The molecule has 0 atom stereocenters. The fourth-order valence-corrected chi connectivity index (χ4v) is 1.05. The van der Waals surface area contributed by atoms with Crippen molar-refractivity contribution >= 4 is 5.97 Å². The summed E-state index contributed by atoms with van der Waals surface area (Å²) >= 11 is 0. The second-order valence-electron chi connectivity index (χ2n) is 2.85. The van der Waals surface area contributed by atoms with E-state index >= 15 is 0 Å². The summed E-state index contributed by atoms with van der Waals surface area (Å²) in [4.78, 5) is 15.2. The molecule has 0 fully saturated rings. The third-order valence-electron chi connectivity index (χ3n) is 1.95. The number of rotatable bonds is 3. The van der Waals surface area contributed by atoms with Crippen LogP contribution in [0, 0.1) is 13.8 Å². The standard InChI is InChI=1S/C9H14N2O2/c1-4-13-9(12)5-11-6-10-7(2)8(11)3/h6H,4-5H2,1-3H3. The highest BCUT2D eigenvalue weighted by atomic mass is 16.5. The average Bonchev–Trinajstić information content (AvgIpc) is 2.37. The predicted octanol–water partition coefficient (Wildman–Crippen LogP) is 1.06. The minimum atomic E-state index is -0.219. The van der Waals surface area contributed by atoms with Gasteiger partial charge in [-0.05, 0) is 20.8 Å². The molecule has 4 heteroatoms. The van der Waals surface area contributed by atoms with Crippen molar-refractivity contribution in [3.63, 3.8) is 0 Å². The lowest BCUT2D eigenvalue weighted by atomic mass is 10.4. The summed E-state index contributed by atoms with van der Waals surface area (Å²) in [5.41, 5.74) is 1.96. The zero-order chi connectivity index (χ0) is 9.84. The highest BCUT2D eigenvalue weighted by Gasteiger charge is 2.06. The third-order valence-corrected chi connectivity index (χ3v) is 1.95. The molecule has 0 aliphatic carbocycles. The Morgan fingerprint density at radius 3 is 2.77 bits per heavy atom. The van der Waals surface area contributed by atoms with Gasteiger partial charge in [0.1, 0.15) is 6.54 Å². The van der Waals surface area contributed by atoms with Gasteiger partial charge in [0.25, 0.3) is 0 Å². The van der Waals surface area contributed by atoms with E-state index in [2.05, 4.69) is 4.98 Å². The van der Waals surface area contributed by atoms with Gasteiger partial charge in [0.05, 0.1) is 18.6 Å². The number of carbonyl (C=O) groups excluding carboxylic acids is 1. The van der Waals surface area contributed by atoms with Gasteiger partial charge in [0.2, 0.25) is 0 Å². The molecule has 0 aromatic carbocycles. The Labute approximate surface area is 77.5 Å². The minimum Gasteiger partial charge on any atom is -0.465 e. The van der Waals surface area contributed by atoms with Gasteiger partial charge in [-0.2, -0.15) is 0 Å². The van der Waals surface area contributed by atoms with Gasteiger partial charge in [-0.25, -0.2) is 4.98 Å². The zero-order valence-corrected chi connectivity index (χ0v) is 8.20. The van der Waals surface area contributed by atoms with Crippen LogP contribution in [0.3, 0.4) is 0 Å². The zero-order valence-electron chi connectivity index (χ0n) is 8.20. The van der Waals surface area contributed by atoms with Gasteiger partial charge >= 0.3 is 5.97 Å². The Morgan fingerprint density at radius 2 is 2.31 bits per heavy atom. The molecule has 0 aliphatic rings. The first-order chi connectivity index (χ1) is 6.15. The average molecular weight is 182 g/mol. The van der Waals surface area contributed by atoms with Gasteiger partial charge in [-0.1, -0.05) is 0 Å². The topological polar surface area (TPSA) is 44.1 Å². The van der Waals surface area contributed by atoms with E-state index in [0.29, 0.717) is 6.61 Å². The quantitative estimate of drug-likeness (QED) is 0.656. The Bertz CT molecular complexity index is 305. The summed E-state index contributed by atoms with van der Waals surface area (Å²) in [6.45, 7) is 6.31. The number of nitrogens with zero attached hydrogens (tertiary/aromatic N) is 2. The first-order valence-corrected chi connectivity index (χ1v) is 4.29. The molecule has 0 bridgehead atoms. The third kappa shape index (κ3) is 2.31. The summed E-state index contributed by atoms with van der Waals surface area (Å²) in [6.07, 6.45) is 1.65. The molecule has 1 rings (SSSR count). The van der Waals surface area contributed by atoms with Crippen molar-refractivity contribution in [3.8, 4) is 0 Å². The Hall–Kier alpha value is -1.32. The Morgan fingerprint density at radius 1 is 1.62 bits per heavy atom. The maximum absolute atomic E-state index is 11.1. The number of aryl methyl sites for hydroxylation is 1. The van der Waals surface area contributed by atoms with Crippen molar-refractivity contribution in [1.29, 1.82) is 0 Å². The summed E-state index contributed by atoms with van der Waals surface area (Å²) in [5.74, 6) is -0.219. The van der Waals surface area contributed by atoms with E-state index in [1.54, 1.807) is 17.8 Å². The van der Waals surface area contributed by atoms with Crippen molar-refractivity contribution < 1.29 is 9.53 Å². The highest BCUT2D eigenvalue weighted by molar-refractivity contribution is 5.69. The molecule has 0 unspecified atom stereocenters. The van der Waals surface area contributed by atoms with Crippen molar-refractivity contribution in [2.45, 2.75) is 27.3 Å². The second kappa shape index (κ2) is 4.07. The van der Waals surface area contributed by atoms with Gasteiger partial charge < -0.3 is 9.30 Å². The van der Waals surface area contributed by atoms with Crippen molar-refractivity contribution in [2.75, 3.05) is 6.61 Å². The van der Waals surface area contributed by atoms with Crippen LogP contribution in [0.4, 0.5) is 0 Å². The van der Waals surface area contributed by atoms with Crippen LogP contribution >= 0.6 is 0 Å². The van der Waals surface area contributed by atoms with Crippen molar-refractivity contribution in [2.24, 2.45) is 0 Å². The number of carbonyl (C=O) groups is 1. The van der Waals surface area contributed by atoms with E-state index in [9.17, 15) is 4.79 Å². The smallest absolute Gasteiger partial charge is 0.325 e.